The Morgan fingerprint density at radius 3 is 1.75 bits per heavy atom. The lowest BCUT2D eigenvalue weighted by Gasteiger charge is -2.33. The molecular formula is C50H63ClN6O6. The first-order chi connectivity index (χ1) is 30.4. The van der Waals surface area contributed by atoms with E-state index in [1.807, 2.05) is 16.7 Å². The molecule has 63 heavy (non-hydrogen) atoms. The van der Waals surface area contributed by atoms with Crippen LogP contribution in [-0.4, -0.2) is 98.8 Å². The Balaban J connectivity index is 0.000000143. The van der Waals surface area contributed by atoms with E-state index >= 15 is 0 Å². The van der Waals surface area contributed by atoms with Gasteiger partial charge in [-0.05, 0) is 162 Å². The molecule has 13 heteroatoms. The lowest BCUT2D eigenvalue weighted by molar-refractivity contribution is -0.133. The Kier molecular flexibility index (Phi) is 13.5. The highest BCUT2D eigenvalue weighted by molar-refractivity contribution is 6.27. The first-order valence-electron chi connectivity index (χ1n) is 23.2. The Labute approximate surface area is 376 Å². The van der Waals surface area contributed by atoms with Crippen molar-refractivity contribution >= 4 is 35.4 Å². The van der Waals surface area contributed by atoms with Crippen LogP contribution >= 0.6 is 11.6 Å². The van der Waals surface area contributed by atoms with E-state index in [0.29, 0.717) is 54.2 Å². The molecule has 0 spiro atoms. The Morgan fingerprint density at radius 2 is 1.21 bits per heavy atom. The summed E-state index contributed by atoms with van der Waals surface area (Å²) in [5, 5.41) is 11.5. The second-order valence-corrected chi connectivity index (χ2v) is 18.7. The van der Waals surface area contributed by atoms with Crippen molar-refractivity contribution < 1.29 is 28.7 Å². The van der Waals surface area contributed by atoms with Gasteiger partial charge in [0.1, 0.15) is 12.4 Å². The number of alkyl halides is 1. The molecule has 336 valence electrons. The molecule has 2 aromatic carbocycles. The van der Waals surface area contributed by atoms with Crippen LogP contribution in [0.1, 0.15) is 153 Å². The van der Waals surface area contributed by atoms with E-state index in [4.69, 9.17) is 21.1 Å². The summed E-state index contributed by atoms with van der Waals surface area (Å²) in [4.78, 5) is 52.4. The molecule has 2 amide bonds. The standard InChI is InChI=1S/C25H31N3O3.C15H20ClNO.C10H12N2O2/c1-4-31-25(30)24-23-20-12-18(20)13-21(23)28(26-24)14-22(29)27-10-8-17(9-11-27)19-7-5-6-15(2)16(19)3;1-11-4-3-5-14(12(11)2)13-6-8-17(9-7-13)15(18)10-16;1-2-14-10(13)9-8-6-3-5(6)4-7(8)11-12-9/h5-7,17-18,20H,4,8-14H2,1-3H3;3-5,13H,6-10H2,1-2H3;5-6H,2-4H2,1H3,(H,11,12)/t18-,20-;;5-,6-/m1.1/s1. The predicted octanol–water partition coefficient (Wildman–Crippen LogP) is 8.24. The number of hydrogen-bond donors (Lipinski definition) is 1. The number of esters is 2. The number of amides is 2. The minimum Gasteiger partial charge on any atom is -0.461 e. The van der Waals surface area contributed by atoms with Crippen molar-refractivity contribution in [3.63, 3.8) is 0 Å². The average molecular weight is 880 g/mol. The number of carbonyl (C=O) groups is 4. The molecule has 0 radical (unpaired) electrons. The van der Waals surface area contributed by atoms with Crippen LogP contribution in [0.2, 0.25) is 0 Å². The summed E-state index contributed by atoms with van der Waals surface area (Å²) >= 11 is 5.59. The number of nitrogens with one attached hydrogen (secondary N) is 1. The van der Waals surface area contributed by atoms with Crippen LogP contribution in [0.4, 0.5) is 0 Å². The fraction of sp³-hybridized carbons (Fsp3) is 0.560. The van der Waals surface area contributed by atoms with Gasteiger partial charge in [0.25, 0.3) is 0 Å². The minimum atomic E-state index is -0.355. The van der Waals surface area contributed by atoms with Crippen LogP contribution in [0.25, 0.3) is 0 Å². The van der Waals surface area contributed by atoms with Gasteiger partial charge >= 0.3 is 11.9 Å². The van der Waals surface area contributed by atoms with Crippen molar-refractivity contribution in [2.45, 2.75) is 123 Å². The smallest absolute Gasteiger partial charge is 0.359 e. The summed E-state index contributed by atoms with van der Waals surface area (Å²) in [7, 11) is 0. The number of fused-ring (bicyclic) bond motifs is 6. The molecule has 2 aliphatic heterocycles. The molecule has 6 aliphatic rings. The summed E-state index contributed by atoms with van der Waals surface area (Å²) in [5.41, 5.74) is 13.7. The fourth-order valence-corrected chi connectivity index (χ4v) is 10.9. The molecule has 2 saturated heterocycles. The largest absolute Gasteiger partial charge is 0.461 e. The highest BCUT2D eigenvalue weighted by Crippen LogP contribution is 2.58. The number of benzene rings is 2. The summed E-state index contributed by atoms with van der Waals surface area (Å²) in [6, 6.07) is 13.1. The van der Waals surface area contributed by atoms with Crippen LogP contribution in [0.15, 0.2) is 36.4 Å². The van der Waals surface area contributed by atoms with Gasteiger partial charge in [0.2, 0.25) is 11.8 Å². The molecule has 1 N–H and O–H groups in total. The van der Waals surface area contributed by atoms with Crippen LogP contribution in [0, 0.1) is 39.5 Å². The molecular weight excluding hydrogens is 816 g/mol. The van der Waals surface area contributed by atoms with E-state index in [2.05, 4.69) is 79.4 Å². The van der Waals surface area contributed by atoms with Crippen LogP contribution in [-0.2, 0) is 38.4 Å². The van der Waals surface area contributed by atoms with Gasteiger partial charge in [-0.25, -0.2) is 9.59 Å². The molecule has 12 nitrogen and oxygen atoms in total. The van der Waals surface area contributed by atoms with Crippen molar-refractivity contribution in [2.24, 2.45) is 11.8 Å². The van der Waals surface area contributed by atoms with Crippen molar-refractivity contribution in [1.82, 2.24) is 29.8 Å². The van der Waals surface area contributed by atoms with E-state index < -0.39 is 0 Å². The number of H-pyrrole nitrogens is 1. The molecule has 4 aliphatic carbocycles. The number of hydrogen-bond acceptors (Lipinski definition) is 8. The lowest BCUT2D eigenvalue weighted by atomic mass is 9.85. The van der Waals surface area contributed by atoms with E-state index in [1.54, 1.807) is 11.6 Å². The Bertz CT molecular complexity index is 2350. The highest BCUT2D eigenvalue weighted by Gasteiger charge is 2.51. The Hall–Kier alpha value is -4.97. The normalized spacial score (nSPS) is 21.8. The number of nitrogens with zero attached hydrogens (tertiary/aromatic N) is 5. The molecule has 4 atom stereocenters. The minimum absolute atomic E-state index is 0.0658. The summed E-state index contributed by atoms with van der Waals surface area (Å²) in [5.74, 6) is 3.15. The number of ether oxygens (including phenoxy) is 2. The number of aromatic amines is 1. The molecule has 4 heterocycles. The van der Waals surface area contributed by atoms with Crippen molar-refractivity contribution in [2.75, 3.05) is 45.3 Å². The monoisotopic (exact) mass is 878 g/mol. The van der Waals surface area contributed by atoms with Crippen LogP contribution < -0.4 is 0 Å². The van der Waals surface area contributed by atoms with Gasteiger partial charge in [0, 0.05) is 48.7 Å². The number of carbonyl (C=O) groups excluding carboxylic acids is 4. The zero-order valence-corrected chi connectivity index (χ0v) is 38.6. The third kappa shape index (κ3) is 9.33. The van der Waals surface area contributed by atoms with E-state index in [9.17, 15) is 19.2 Å². The quantitative estimate of drug-likeness (QED) is 0.131. The first-order valence-corrected chi connectivity index (χ1v) is 23.7. The van der Waals surface area contributed by atoms with Gasteiger partial charge < -0.3 is 19.3 Å². The predicted molar refractivity (Wildman–Crippen MR) is 241 cm³/mol. The van der Waals surface area contributed by atoms with Gasteiger partial charge in [-0.15, -0.1) is 11.6 Å². The van der Waals surface area contributed by atoms with E-state index in [1.165, 1.54) is 39.8 Å². The van der Waals surface area contributed by atoms with Gasteiger partial charge in [-0.3, -0.25) is 19.4 Å². The molecule has 4 fully saturated rings. The second kappa shape index (κ2) is 19.0. The average Bonchev–Trinajstić information content (AvgIpc) is 4.01. The number of aromatic nitrogens is 4. The van der Waals surface area contributed by atoms with Gasteiger partial charge in [0.05, 0.1) is 13.2 Å². The SMILES string of the molecule is CCOC(=O)c1n[nH]c2c1[C@@H]1C[C@@H]1C2.CCOC(=O)c1nn(CC(=O)N2CCC(c3cccc(C)c3C)CC2)c2c1[C@@H]1C[C@@H]1C2.Cc1cccc(C2CCN(C(=O)CCl)CC2)c1C. The maximum absolute atomic E-state index is 13.1. The van der Waals surface area contributed by atoms with Crippen molar-refractivity contribution in [1.29, 1.82) is 0 Å². The van der Waals surface area contributed by atoms with Gasteiger partial charge in [-0.2, -0.15) is 10.2 Å². The summed E-state index contributed by atoms with van der Waals surface area (Å²) in [6.07, 6.45) is 8.42. The highest BCUT2D eigenvalue weighted by atomic mass is 35.5. The van der Waals surface area contributed by atoms with Crippen molar-refractivity contribution in [3.8, 4) is 0 Å². The van der Waals surface area contributed by atoms with Gasteiger partial charge in [0.15, 0.2) is 11.4 Å². The summed E-state index contributed by atoms with van der Waals surface area (Å²) in [6.45, 7) is 16.5. The molecule has 10 rings (SSSR count). The molecule has 2 saturated carbocycles. The molecule has 0 bridgehead atoms. The zero-order valence-electron chi connectivity index (χ0n) is 37.8. The first kappa shape index (κ1) is 44.6. The zero-order chi connectivity index (χ0) is 44.5. The van der Waals surface area contributed by atoms with E-state index in [0.717, 1.165) is 99.6 Å². The number of piperidine rings is 2. The third-order valence-corrected chi connectivity index (χ3v) is 14.9. The fourth-order valence-electron chi connectivity index (χ4n) is 10.7. The molecule has 2 aromatic heterocycles. The topological polar surface area (TPSA) is 140 Å². The maximum atomic E-state index is 13.1. The number of likely N-dealkylation sites (tertiary alicyclic amines) is 2. The number of halogens is 1. The number of rotatable bonds is 9. The molecule has 0 unspecified atom stereocenters. The molecule has 4 aromatic rings. The van der Waals surface area contributed by atoms with Crippen LogP contribution in [0.5, 0.6) is 0 Å². The lowest BCUT2D eigenvalue weighted by Crippen LogP contribution is -2.40. The van der Waals surface area contributed by atoms with Gasteiger partial charge in [-0.1, -0.05) is 36.4 Å². The summed E-state index contributed by atoms with van der Waals surface area (Å²) < 4.78 is 12.0. The van der Waals surface area contributed by atoms with Crippen molar-refractivity contribution in [3.05, 3.63) is 104 Å². The third-order valence-electron chi connectivity index (χ3n) is 14.7. The Morgan fingerprint density at radius 1 is 0.698 bits per heavy atom. The second-order valence-electron chi connectivity index (χ2n) is 18.4. The number of aryl methyl sites for hydroxylation is 2. The van der Waals surface area contributed by atoms with E-state index in [-0.39, 0.29) is 36.2 Å². The van der Waals surface area contributed by atoms with Crippen LogP contribution in [0.3, 0.4) is 0 Å². The maximum Gasteiger partial charge on any atom is 0.359 e.